The van der Waals surface area contributed by atoms with E-state index in [0.717, 1.165) is 10.9 Å². The van der Waals surface area contributed by atoms with Crippen molar-refractivity contribution >= 4 is 28.5 Å². The molecule has 92 valence electrons. The first-order chi connectivity index (χ1) is 8.66. The number of carboxylic acid groups (broad SMARTS) is 1. The second-order valence-corrected chi connectivity index (χ2v) is 3.80. The van der Waals surface area contributed by atoms with Crippen LogP contribution in [0.25, 0.3) is 10.9 Å². The Morgan fingerprint density at radius 3 is 2.78 bits per heavy atom. The average Bonchev–Trinajstić information content (AvgIpc) is 2.37. The van der Waals surface area contributed by atoms with Crippen molar-refractivity contribution in [1.82, 2.24) is 4.98 Å². The Kier molecular flexibility index (Phi) is 3.52. The lowest BCUT2D eigenvalue weighted by molar-refractivity contribution is -0.305. The second kappa shape index (κ2) is 5.27. The minimum atomic E-state index is -1.23. The Balaban J connectivity index is 2.16. The van der Waals surface area contributed by atoms with Gasteiger partial charge in [-0.3, -0.25) is 9.78 Å². The van der Waals surface area contributed by atoms with Gasteiger partial charge in [-0.2, -0.15) is 0 Å². The first kappa shape index (κ1) is 12.0. The molecule has 1 amide bonds. The highest BCUT2D eigenvalue weighted by Gasteiger charge is 2.05. The summed E-state index contributed by atoms with van der Waals surface area (Å²) in [4.78, 5) is 26.0. The van der Waals surface area contributed by atoms with Crippen molar-refractivity contribution in [2.24, 2.45) is 0 Å². The Bertz CT molecular complexity index is 590. The summed E-state index contributed by atoms with van der Waals surface area (Å²) in [6.07, 6.45) is 1.29. The summed E-state index contributed by atoms with van der Waals surface area (Å²) < 4.78 is 0. The van der Waals surface area contributed by atoms with E-state index < -0.39 is 5.97 Å². The first-order valence-corrected chi connectivity index (χ1v) is 5.50. The van der Waals surface area contributed by atoms with E-state index in [4.69, 9.17) is 0 Å². The Hall–Kier alpha value is -2.43. The highest BCUT2D eigenvalue weighted by molar-refractivity contribution is 6.01. The van der Waals surface area contributed by atoms with Gasteiger partial charge in [0.2, 0.25) is 5.91 Å². The summed E-state index contributed by atoms with van der Waals surface area (Å²) in [7, 11) is 0. The number of nitrogens with zero attached hydrogens (tertiary/aromatic N) is 1. The molecule has 0 atom stereocenters. The van der Waals surface area contributed by atoms with Gasteiger partial charge in [-0.05, 0) is 30.7 Å². The number of anilines is 1. The molecule has 0 radical (unpaired) electrons. The van der Waals surface area contributed by atoms with Gasteiger partial charge in [0.25, 0.3) is 0 Å². The average molecular weight is 243 g/mol. The maximum Gasteiger partial charge on any atom is 0.224 e. The Labute approximate surface area is 103 Å². The number of rotatable bonds is 4. The molecule has 2 aromatic rings. The monoisotopic (exact) mass is 243 g/mol. The van der Waals surface area contributed by atoms with E-state index in [1.54, 1.807) is 24.4 Å². The number of nitrogens with one attached hydrogen (secondary N) is 1. The minimum absolute atomic E-state index is 0.0982. The molecule has 1 aromatic heterocycles. The molecule has 0 saturated heterocycles. The summed E-state index contributed by atoms with van der Waals surface area (Å²) in [6.45, 7) is 0. The van der Waals surface area contributed by atoms with Crippen molar-refractivity contribution in [1.29, 1.82) is 0 Å². The number of hydrogen-bond donors (Lipinski definition) is 1. The zero-order valence-corrected chi connectivity index (χ0v) is 9.55. The van der Waals surface area contributed by atoms with Crippen LogP contribution in [0, 0.1) is 0 Å². The number of hydrogen-bond acceptors (Lipinski definition) is 4. The first-order valence-electron chi connectivity index (χ1n) is 5.50. The maximum atomic E-state index is 11.5. The van der Waals surface area contributed by atoms with E-state index >= 15 is 0 Å². The molecule has 5 nitrogen and oxygen atoms in total. The number of aliphatic carboxylic acids is 1. The van der Waals surface area contributed by atoms with Crippen LogP contribution in [0.1, 0.15) is 12.8 Å². The Morgan fingerprint density at radius 1 is 1.17 bits per heavy atom. The molecular weight excluding hydrogens is 232 g/mol. The normalized spacial score (nSPS) is 10.2. The number of carbonyl (C=O) groups is 2. The summed E-state index contributed by atoms with van der Waals surface area (Å²) in [5, 5.41) is 13.8. The molecule has 2 rings (SSSR count). The van der Waals surface area contributed by atoms with Gasteiger partial charge in [0.15, 0.2) is 0 Å². The van der Waals surface area contributed by atoms with Crippen LogP contribution in [0.5, 0.6) is 0 Å². The molecule has 0 aliphatic rings. The van der Waals surface area contributed by atoms with Crippen molar-refractivity contribution in [3.63, 3.8) is 0 Å². The molecule has 5 heteroatoms. The van der Waals surface area contributed by atoms with Crippen LogP contribution in [0.4, 0.5) is 5.69 Å². The van der Waals surface area contributed by atoms with E-state index in [9.17, 15) is 14.7 Å². The SMILES string of the molecule is O=C([O-])CCC(=O)Nc1cccc2ncccc12. The number of carbonyl (C=O) groups excluding carboxylic acids is 2. The molecule has 0 saturated carbocycles. The standard InChI is InChI=1S/C13H12N2O3/c16-12(6-7-13(17)18)15-11-5-1-4-10-9(11)3-2-8-14-10/h1-5,8H,6-7H2,(H,15,16)(H,17,18)/p-1. The highest BCUT2D eigenvalue weighted by atomic mass is 16.4. The van der Waals surface area contributed by atoms with Crippen molar-refractivity contribution < 1.29 is 14.7 Å². The van der Waals surface area contributed by atoms with Crippen LogP contribution >= 0.6 is 0 Å². The minimum Gasteiger partial charge on any atom is -0.550 e. The summed E-state index contributed by atoms with van der Waals surface area (Å²) in [6, 6.07) is 8.99. The fourth-order valence-corrected chi connectivity index (χ4v) is 1.64. The molecule has 0 fully saturated rings. The van der Waals surface area contributed by atoms with E-state index in [-0.39, 0.29) is 18.7 Å². The molecule has 0 aliphatic heterocycles. The third-order valence-electron chi connectivity index (χ3n) is 2.48. The van der Waals surface area contributed by atoms with E-state index in [1.165, 1.54) is 0 Å². The molecule has 0 aliphatic carbocycles. The quantitative estimate of drug-likeness (QED) is 0.857. The van der Waals surface area contributed by atoms with Crippen LogP contribution in [0.3, 0.4) is 0 Å². The fourth-order valence-electron chi connectivity index (χ4n) is 1.64. The summed E-state index contributed by atoms with van der Waals surface area (Å²) in [5.41, 5.74) is 1.40. The lowest BCUT2D eigenvalue weighted by atomic mass is 10.1. The smallest absolute Gasteiger partial charge is 0.224 e. The lowest BCUT2D eigenvalue weighted by Crippen LogP contribution is -2.24. The van der Waals surface area contributed by atoms with Gasteiger partial charge in [0.05, 0.1) is 11.2 Å². The van der Waals surface area contributed by atoms with E-state index in [1.807, 2.05) is 12.1 Å². The highest BCUT2D eigenvalue weighted by Crippen LogP contribution is 2.21. The van der Waals surface area contributed by atoms with Crippen molar-refractivity contribution in [3.05, 3.63) is 36.5 Å². The zero-order valence-electron chi connectivity index (χ0n) is 9.55. The maximum absolute atomic E-state index is 11.5. The Morgan fingerprint density at radius 2 is 2.00 bits per heavy atom. The number of pyridine rings is 1. The van der Waals surface area contributed by atoms with Crippen LogP contribution in [-0.4, -0.2) is 16.9 Å². The van der Waals surface area contributed by atoms with Crippen LogP contribution in [0.15, 0.2) is 36.5 Å². The van der Waals surface area contributed by atoms with Gasteiger partial charge in [-0.15, -0.1) is 0 Å². The predicted molar refractivity (Wildman–Crippen MR) is 64.6 cm³/mol. The molecule has 18 heavy (non-hydrogen) atoms. The number of fused-ring (bicyclic) bond motifs is 1. The van der Waals surface area contributed by atoms with Crippen LogP contribution < -0.4 is 10.4 Å². The molecule has 1 aromatic carbocycles. The number of carboxylic acids is 1. The van der Waals surface area contributed by atoms with Gasteiger partial charge in [0, 0.05) is 24.0 Å². The van der Waals surface area contributed by atoms with E-state index in [2.05, 4.69) is 10.3 Å². The van der Waals surface area contributed by atoms with Gasteiger partial charge in [-0.25, -0.2) is 0 Å². The molecule has 1 heterocycles. The van der Waals surface area contributed by atoms with Crippen LogP contribution in [0.2, 0.25) is 0 Å². The van der Waals surface area contributed by atoms with Crippen molar-refractivity contribution in [3.8, 4) is 0 Å². The van der Waals surface area contributed by atoms with Crippen LogP contribution in [-0.2, 0) is 9.59 Å². The van der Waals surface area contributed by atoms with Gasteiger partial charge in [-0.1, -0.05) is 6.07 Å². The molecule has 0 bridgehead atoms. The molecule has 0 spiro atoms. The largest absolute Gasteiger partial charge is 0.550 e. The number of amides is 1. The van der Waals surface area contributed by atoms with Gasteiger partial charge >= 0.3 is 0 Å². The predicted octanol–water partition coefficient (Wildman–Crippen LogP) is 0.703. The third kappa shape index (κ3) is 2.82. The fraction of sp³-hybridized carbons (Fsp3) is 0.154. The van der Waals surface area contributed by atoms with E-state index in [0.29, 0.717) is 5.69 Å². The zero-order chi connectivity index (χ0) is 13.0. The number of aromatic nitrogens is 1. The molecule has 1 N–H and O–H groups in total. The topological polar surface area (TPSA) is 82.1 Å². The van der Waals surface area contributed by atoms with Crippen molar-refractivity contribution in [2.75, 3.05) is 5.32 Å². The van der Waals surface area contributed by atoms with Gasteiger partial charge < -0.3 is 15.2 Å². The molecule has 0 unspecified atom stereocenters. The molecular formula is C13H11N2O3-. The summed E-state index contributed by atoms with van der Waals surface area (Å²) >= 11 is 0. The third-order valence-corrected chi connectivity index (χ3v) is 2.48. The summed E-state index contributed by atoms with van der Waals surface area (Å²) in [5.74, 6) is -1.58. The number of benzene rings is 1. The van der Waals surface area contributed by atoms with Crippen molar-refractivity contribution in [2.45, 2.75) is 12.8 Å². The second-order valence-electron chi connectivity index (χ2n) is 3.80. The van der Waals surface area contributed by atoms with Gasteiger partial charge in [0.1, 0.15) is 0 Å². The lowest BCUT2D eigenvalue weighted by Gasteiger charge is -2.08.